The first kappa shape index (κ1) is 23.8. The summed E-state index contributed by atoms with van der Waals surface area (Å²) < 4.78 is 0. The maximum absolute atomic E-state index is 6.33. The summed E-state index contributed by atoms with van der Waals surface area (Å²) in [7, 11) is 4.01. The van der Waals surface area contributed by atoms with E-state index in [1.54, 1.807) is 6.07 Å². The van der Waals surface area contributed by atoms with Gasteiger partial charge in [-0.15, -0.1) is 0 Å². The minimum absolute atomic E-state index is 0.310. The Balaban J connectivity index is 1.34. The fourth-order valence-corrected chi connectivity index (χ4v) is 5.14. The molecule has 0 aliphatic heterocycles. The van der Waals surface area contributed by atoms with Crippen LogP contribution in [0.3, 0.4) is 0 Å². The van der Waals surface area contributed by atoms with E-state index in [-0.39, 0.29) is 0 Å². The zero-order valence-corrected chi connectivity index (χ0v) is 21.3. The number of nitrogens with zero attached hydrogens (tertiary/aromatic N) is 3. The van der Waals surface area contributed by atoms with Gasteiger partial charge in [-0.2, -0.15) is 4.98 Å². The molecule has 0 spiro atoms. The number of aryl methyl sites for hydroxylation is 1. The van der Waals surface area contributed by atoms with E-state index >= 15 is 0 Å². The van der Waals surface area contributed by atoms with Gasteiger partial charge >= 0.3 is 0 Å². The predicted octanol–water partition coefficient (Wildman–Crippen LogP) is 6.02. The predicted molar refractivity (Wildman–Crippen MR) is 144 cm³/mol. The van der Waals surface area contributed by atoms with Crippen LogP contribution >= 0.6 is 35.4 Å². The third-order valence-corrected chi connectivity index (χ3v) is 6.63. The summed E-state index contributed by atoms with van der Waals surface area (Å²) in [5, 5.41) is 13.0. The van der Waals surface area contributed by atoms with Crippen molar-refractivity contribution in [3.8, 4) is 0 Å². The molecule has 0 amide bonds. The van der Waals surface area contributed by atoms with Crippen LogP contribution in [0.25, 0.3) is 10.9 Å². The number of hydrogen-bond acceptors (Lipinski definition) is 5. The lowest BCUT2D eigenvalue weighted by Crippen LogP contribution is -2.42. The molecule has 6 nitrogen and oxygen atoms in total. The fraction of sp³-hybridized carbons (Fsp3) is 0.375. The molecule has 0 atom stereocenters. The summed E-state index contributed by atoms with van der Waals surface area (Å²) in [4.78, 5) is 11.5. The van der Waals surface area contributed by atoms with Gasteiger partial charge in [0.1, 0.15) is 5.82 Å². The quantitative estimate of drug-likeness (QED) is 0.368. The molecule has 33 heavy (non-hydrogen) atoms. The van der Waals surface area contributed by atoms with E-state index in [1.165, 1.54) is 0 Å². The molecule has 3 aromatic rings. The molecule has 1 heterocycles. The van der Waals surface area contributed by atoms with Crippen molar-refractivity contribution in [2.24, 2.45) is 0 Å². The molecular weight excluding hydrogens is 475 g/mol. The SMILES string of the molecule is Cc1cc(Cl)cc(Cl)c1NC(=S)N[C@H]1CC[C@@H](Nc2nc(N(C)C)c3ccccc3n2)CC1. The van der Waals surface area contributed by atoms with Crippen molar-refractivity contribution in [3.63, 3.8) is 0 Å². The number of nitrogens with one attached hydrogen (secondary N) is 3. The molecule has 9 heteroatoms. The first-order valence-corrected chi connectivity index (χ1v) is 12.2. The molecule has 0 radical (unpaired) electrons. The number of halogens is 2. The topological polar surface area (TPSA) is 65.1 Å². The molecule has 1 saturated carbocycles. The van der Waals surface area contributed by atoms with Crippen molar-refractivity contribution in [2.75, 3.05) is 29.6 Å². The van der Waals surface area contributed by atoms with Gasteiger partial charge in [-0.1, -0.05) is 35.3 Å². The second-order valence-corrected chi connectivity index (χ2v) is 9.91. The normalized spacial score (nSPS) is 18.1. The number of para-hydroxylation sites is 1. The molecule has 1 aromatic heterocycles. The summed E-state index contributed by atoms with van der Waals surface area (Å²) in [6.07, 6.45) is 4.02. The van der Waals surface area contributed by atoms with Crippen LogP contribution < -0.4 is 20.9 Å². The largest absolute Gasteiger partial charge is 0.362 e. The molecule has 4 rings (SSSR count). The first-order chi connectivity index (χ1) is 15.8. The zero-order valence-electron chi connectivity index (χ0n) is 19.0. The summed E-state index contributed by atoms with van der Waals surface area (Å²) in [5.74, 6) is 1.60. The van der Waals surface area contributed by atoms with Gasteiger partial charge in [-0.3, -0.25) is 0 Å². The van der Waals surface area contributed by atoms with Crippen LogP contribution in [0.1, 0.15) is 31.2 Å². The number of aromatic nitrogens is 2. The molecular formula is C24H28Cl2N6S. The summed E-state index contributed by atoms with van der Waals surface area (Å²) in [6, 6.07) is 12.3. The Morgan fingerprint density at radius 3 is 2.42 bits per heavy atom. The van der Waals surface area contributed by atoms with Gasteiger partial charge in [0, 0.05) is 36.6 Å². The Morgan fingerprint density at radius 1 is 1.03 bits per heavy atom. The van der Waals surface area contributed by atoms with Gasteiger partial charge < -0.3 is 20.9 Å². The van der Waals surface area contributed by atoms with Gasteiger partial charge in [0.2, 0.25) is 5.95 Å². The van der Waals surface area contributed by atoms with Crippen LogP contribution in [-0.2, 0) is 0 Å². The van der Waals surface area contributed by atoms with Crippen LogP contribution in [-0.4, -0.2) is 41.3 Å². The second kappa shape index (κ2) is 10.3. The zero-order chi connectivity index (χ0) is 23.5. The summed E-state index contributed by atoms with van der Waals surface area (Å²) in [5.41, 5.74) is 2.69. The summed E-state index contributed by atoms with van der Waals surface area (Å²) in [6.45, 7) is 1.95. The third kappa shape index (κ3) is 5.78. The Morgan fingerprint density at radius 2 is 1.73 bits per heavy atom. The highest BCUT2D eigenvalue weighted by Gasteiger charge is 2.23. The number of benzene rings is 2. The molecule has 2 aromatic carbocycles. The van der Waals surface area contributed by atoms with E-state index in [0.29, 0.717) is 33.2 Å². The number of anilines is 3. The van der Waals surface area contributed by atoms with Crippen molar-refractivity contribution in [3.05, 3.63) is 52.0 Å². The molecule has 0 saturated heterocycles. The monoisotopic (exact) mass is 502 g/mol. The van der Waals surface area contributed by atoms with Crippen molar-refractivity contribution >= 4 is 68.9 Å². The van der Waals surface area contributed by atoms with Crippen LogP contribution in [0.5, 0.6) is 0 Å². The molecule has 0 bridgehead atoms. The van der Waals surface area contributed by atoms with Gasteiger partial charge in [0.15, 0.2) is 5.11 Å². The number of hydrogen-bond donors (Lipinski definition) is 3. The smallest absolute Gasteiger partial charge is 0.225 e. The van der Waals surface area contributed by atoms with Crippen molar-refractivity contribution in [1.29, 1.82) is 0 Å². The molecule has 1 aliphatic rings. The minimum Gasteiger partial charge on any atom is -0.362 e. The highest BCUT2D eigenvalue weighted by molar-refractivity contribution is 7.80. The minimum atomic E-state index is 0.310. The van der Waals surface area contributed by atoms with Crippen LogP contribution in [0.2, 0.25) is 10.0 Å². The van der Waals surface area contributed by atoms with E-state index in [1.807, 2.05) is 50.2 Å². The second-order valence-electron chi connectivity index (χ2n) is 8.65. The van der Waals surface area contributed by atoms with Crippen LogP contribution in [0.15, 0.2) is 36.4 Å². The maximum Gasteiger partial charge on any atom is 0.225 e. The lowest BCUT2D eigenvalue weighted by molar-refractivity contribution is 0.387. The fourth-order valence-electron chi connectivity index (χ4n) is 4.23. The standard InChI is InChI=1S/C24H28Cl2N6S/c1-14-12-15(25)13-19(26)21(14)30-24(33)28-17-10-8-16(9-11-17)27-23-29-20-7-5-4-6-18(20)22(31-23)32(2)3/h4-7,12-13,16-17H,8-11H2,1-3H3,(H,27,29,31)(H2,28,30,33)/t16-,17+. The number of rotatable bonds is 5. The van der Waals surface area contributed by atoms with Crippen molar-refractivity contribution in [2.45, 2.75) is 44.7 Å². The van der Waals surface area contributed by atoms with E-state index in [0.717, 1.165) is 53.7 Å². The molecule has 1 aliphatic carbocycles. The number of thiocarbonyl (C=S) groups is 1. The van der Waals surface area contributed by atoms with Crippen LogP contribution in [0.4, 0.5) is 17.5 Å². The molecule has 1 fully saturated rings. The first-order valence-electron chi connectivity index (χ1n) is 11.0. The highest BCUT2D eigenvalue weighted by atomic mass is 35.5. The lowest BCUT2D eigenvalue weighted by atomic mass is 9.91. The van der Waals surface area contributed by atoms with Crippen molar-refractivity contribution in [1.82, 2.24) is 15.3 Å². The molecule has 0 unspecified atom stereocenters. The van der Waals surface area contributed by atoms with Gasteiger partial charge in [0.25, 0.3) is 0 Å². The van der Waals surface area contributed by atoms with Crippen LogP contribution in [0, 0.1) is 6.92 Å². The summed E-state index contributed by atoms with van der Waals surface area (Å²) >= 11 is 17.9. The molecule has 3 N–H and O–H groups in total. The van der Waals surface area contributed by atoms with E-state index in [4.69, 9.17) is 45.4 Å². The lowest BCUT2D eigenvalue weighted by Gasteiger charge is -2.31. The maximum atomic E-state index is 6.33. The Kier molecular flexibility index (Phi) is 7.41. The molecule has 174 valence electrons. The van der Waals surface area contributed by atoms with Gasteiger partial charge in [0.05, 0.1) is 16.2 Å². The Hall–Kier alpha value is -2.35. The Bertz CT molecular complexity index is 1140. The highest BCUT2D eigenvalue weighted by Crippen LogP contribution is 2.30. The van der Waals surface area contributed by atoms with E-state index < -0.39 is 0 Å². The number of fused-ring (bicyclic) bond motifs is 1. The average Bonchev–Trinajstić information content (AvgIpc) is 2.77. The van der Waals surface area contributed by atoms with Gasteiger partial charge in [-0.25, -0.2) is 4.98 Å². The van der Waals surface area contributed by atoms with Gasteiger partial charge in [-0.05, 0) is 74.7 Å². The average molecular weight is 504 g/mol. The third-order valence-electron chi connectivity index (χ3n) is 5.89. The Labute approximate surface area is 210 Å². The van der Waals surface area contributed by atoms with E-state index in [9.17, 15) is 0 Å². The van der Waals surface area contributed by atoms with E-state index in [2.05, 4.69) is 22.0 Å². The van der Waals surface area contributed by atoms with Crippen molar-refractivity contribution < 1.29 is 0 Å².